The third kappa shape index (κ3) is 9.00. The maximum Gasteiger partial charge on any atom is 0.243 e. The average Bonchev–Trinajstić information content (AvgIpc) is 4.05. The molecule has 282 valence electrons. The molecule has 0 aliphatic carbocycles. The second-order valence-electron chi connectivity index (χ2n) is 14.5. The smallest absolute Gasteiger partial charge is 0.243 e. The number of nitrogens with zero attached hydrogens (tertiary/aromatic N) is 10. The molecule has 7 aromatic rings. The molecule has 0 atom stereocenters. The lowest BCUT2D eigenvalue weighted by atomic mass is 9.91. The number of fused-ring (bicyclic) bond motifs is 2. The summed E-state index contributed by atoms with van der Waals surface area (Å²) in [6.45, 7) is 22.2. The molecule has 0 bridgehead atoms. The maximum atomic E-state index is 2.66. The van der Waals surface area contributed by atoms with Crippen LogP contribution in [0.3, 0.4) is 0 Å². The van der Waals surface area contributed by atoms with E-state index in [1.54, 1.807) is 0 Å². The molecule has 54 heavy (non-hydrogen) atoms. The number of imidazole rings is 4. The van der Waals surface area contributed by atoms with Crippen molar-refractivity contribution in [1.29, 1.82) is 0 Å². The van der Waals surface area contributed by atoms with Crippen LogP contribution in [0.25, 0.3) is 21.5 Å². The van der Waals surface area contributed by atoms with Gasteiger partial charge in [-0.2, -0.15) is 0 Å². The van der Waals surface area contributed by atoms with Gasteiger partial charge >= 0.3 is 0 Å². The minimum Gasteiger partial charge on any atom is -0.291 e. The van der Waals surface area contributed by atoms with E-state index in [-0.39, 0.29) is 0 Å². The first-order valence-corrected chi connectivity index (χ1v) is 20.1. The minimum atomic E-state index is 0.894. The molecule has 0 N–H and O–H groups in total. The Kier molecular flexibility index (Phi) is 12.3. The van der Waals surface area contributed by atoms with Gasteiger partial charge in [-0.1, -0.05) is 48.5 Å². The standard InChI is InChI=1S/C44H60N10/c1-5-45-17-25-51(35-45)29-21-49(22-30-52-26-18-46(6-2)36-52)33-43-39-13-9-11-15-41(39)44(42-16-12-10-14-40(42)43)34-50(23-31-53-27-19-47(7-3)37-53)24-32-54-28-20-48(8-4)38-54/h9-20,25-28,35-38H,5-8,21-24,29-34H2,1-4H3/q+4. The summed E-state index contributed by atoms with van der Waals surface area (Å²) >= 11 is 0. The van der Waals surface area contributed by atoms with Crippen molar-refractivity contribution in [3.63, 3.8) is 0 Å². The van der Waals surface area contributed by atoms with Crippen LogP contribution in [0.5, 0.6) is 0 Å². The Labute approximate surface area is 321 Å². The predicted octanol–water partition coefficient (Wildman–Crippen LogP) is 4.83. The Morgan fingerprint density at radius 2 is 0.667 bits per heavy atom. The topological polar surface area (TPSA) is 41.7 Å². The Balaban J connectivity index is 1.20. The molecule has 0 aliphatic rings. The highest BCUT2D eigenvalue weighted by Gasteiger charge is 2.20. The maximum absolute atomic E-state index is 2.66. The van der Waals surface area contributed by atoms with E-state index in [2.05, 4.69) is 197 Å². The zero-order valence-corrected chi connectivity index (χ0v) is 32.9. The molecule has 0 saturated heterocycles. The fourth-order valence-electron chi connectivity index (χ4n) is 7.70. The zero-order valence-electron chi connectivity index (χ0n) is 32.9. The molecule has 4 aromatic heterocycles. The molecule has 7 rings (SSSR count). The molecule has 0 saturated carbocycles. The summed E-state index contributed by atoms with van der Waals surface area (Å²) in [6.07, 6.45) is 26.5. The third-order valence-electron chi connectivity index (χ3n) is 11.1. The van der Waals surface area contributed by atoms with E-state index in [0.717, 1.165) is 91.6 Å². The first kappa shape index (κ1) is 37.3. The summed E-state index contributed by atoms with van der Waals surface area (Å²) in [5, 5.41) is 5.48. The largest absolute Gasteiger partial charge is 0.291 e. The van der Waals surface area contributed by atoms with Gasteiger partial charge in [0.05, 0.1) is 26.2 Å². The van der Waals surface area contributed by atoms with Gasteiger partial charge in [-0.3, -0.25) is 9.80 Å². The van der Waals surface area contributed by atoms with Crippen LogP contribution in [0.4, 0.5) is 0 Å². The highest BCUT2D eigenvalue weighted by Crippen LogP contribution is 2.34. The van der Waals surface area contributed by atoms with Crippen molar-refractivity contribution in [2.24, 2.45) is 0 Å². The predicted molar refractivity (Wildman–Crippen MR) is 213 cm³/mol. The molecule has 0 radical (unpaired) electrons. The molecular formula is C44H60N10+4. The van der Waals surface area contributed by atoms with Gasteiger partial charge in [-0.25, -0.2) is 36.5 Å². The minimum absolute atomic E-state index is 0.894. The van der Waals surface area contributed by atoms with Crippen LogP contribution < -0.4 is 18.3 Å². The second-order valence-corrected chi connectivity index (χ2v) is 14.5. The molecule has 3 aromatic carbocycles. The summed E-state index contributed by atoms with van der Waals surface area (Å²) < 4.78 is 18.3. The number of hydrogen-bond donors (Lipinski definition) is 0. The summed E-state index contributed by atoms with van der Waals surface area (Å²) in [5.74, 6) is 0. The summed E-state index contributed by atoms with van der Waals surface area (Å²) in [6, 6.07) is 18.4. The summed E-state index contributed by atoms with van der Waals surface area (Å²) in [5.41, 5.74) is 2.85. The molecule has 10 heteroatoms. The summed E-state index contributed by atoms with van der Waals surface area (Å²) in [4.78, 5) is 5.32. The van der Waals surface area contributed by atoms with Crippen molar-refractivity contribution in [2.45, 2.75) is 93.1 Å². The van der Waals surface area contributed by atoms with E-state index < -0.39 is 0 Å². The van der Waals surface area contributed by atoms with Crippen LogP contribution in [0.15, 0.2) is 123 Å². The number of aryl methyl sites for hydroxylation is 4. The lowest BCUT2D eigenvalue weighted by molar-refractivity contribution is -0.701. The van der Waals surface area contributed by atoms with E-state index in [1.165, 1.54) is 32.7 Å². The molecule has 10 nitrogen and oxygen atoms in total. The fraction of sp³-hybridized carbons (Fsp3) is 0.409. The SMILES string of the molecule is CCn1cc[n+](CCN(CC[n+]2ccn(CC)c2)Cc2c3ccccc3c(CN(CC[n+]3ccn(CC)c3)CC[n+]3ccn(CC)c3)c3ccccc23)c1. The highest BCUT2D eigenvalue weighted by molar-refractivity contribution is 6.05. The van der Waals surface area contributed by atoms with Crippen LogP contribution in [-0.4, -0.2) is 54.2 Å². The van der Waals surface area contributed by atoms with Crippen molar-refractivity contribution in [1.82, 2.24) is 28.1 Å². The first-order chi connectivity index (χ1) is 26.5. The Hall–Kier alpha value is -5.06. The second kappa shape index (κ2) is 17.8. The molecule has 0 fully saturated rings. The van der Waals surface area contributed by atoms with E-state index in [0.29, 0.717) is 0 Å². The molecule has 0 amide bonds. The lowest BCUT2D eigenvalue weighted by Gasteiger charge is -2.26. The Morgan fingerprint density at radius 3 is 0.889 bits per heavy atom. The van der Waals surface area contributed by atoms with Crippen molar-refractivity contribution < 1.29 is 18.3 Å². The fourth-order valence-corrected chi connectivity index (χ4v) is 7.70. The molecule has 0 aliphatic heterocycles. The molecule has 4 heterocycles. The van der Waals surface area contributed by atoms with Crippen LogP contribution in [-0.2, 0) is 65.4 Å². The lowest BCUT2D eigenvalue weighted by Crippen LogP contribution is -2.43. The summed E-state index contributed by atoms with van der Waals surface area (Å²) in [7, 11) is 0. The number of rotatable bonds is 20. The van der Waals surface area contributed by atoms with Crippen LogP contribution >= 0.6 is 0 Å². The van der Waals surface area contributed by atoms with Crippen LogP contribution in [0, 0.1) is 0 Å². The monoisotopic (exact) mass is 728 g/mol. The van der Waals surface area contributed by atoms with Crippen LogP contribution in [0.1, 0.15) is 38.8 Å². The van der Waals surface area contributed by atoms with Gasteiger partial charge in [-0.15, -0.1) is 0 Å². The normalized spacial score (nSPS) is 12.0. The zero-order chi connectivity index (χ0) is 37.3. The van der Waals surface area contributed by atoms with Gasteiger partial charge in [0.15, 0.2) is 0 Å². The number of hydrogen-bond acceptors (Lipinski definition) is 2. The Bertz CT molecular complexity index is 1930. The van der Waals surface area contributed by atoms with Gasteiger partial charge in [0.2, 0.25) is 25.3 Å². The van der Waals surface area contributed by atoms with Gasteiger partial charge in [0.1, 0.15) is 75.8 Å². The first-order valence-electron chi connectivity index (χ1n) is 20.1. The van der Waals surface area contributed by atoms with Gasteiger partial charge in [0.25, 0.3) is 0 Å². The van der Waals surface area contributed by atoms with Crippen molar-refractivity contribution in [3.8, 4) is 0 Å². The van der Waals surface area contributed by atoms with E-state index >= 15 is 0 Å². The number of benzene rings is 3. The molecule has 0 spiro atoms. The quantitative estimate of drug-likeness (QED) is 0.0835. The number of aromatic nitrogens is 8. The van der Waals surface area contributed by atoms with Crippen LogP contribution in [0.2, 0.25) is 0 Å². The van der Waals surface area contributed by atoms with Gasteiger partial charge in [-0.05, 0) is 60.4 Å². The average molecular weight is 729 g/mol. The van der Waals surface area contributed by atoms with E-state index in [1.807, 2.05) is 0 Å². The van der Waals surface area contributed by atoms with E-state index in [4.69, 9.17) is 0 Å². The van der Waals surface area contributed by atoms with Gasteiger partial charge in [0, 0.05) is 39.3 Å². The van der Waals surface area contributed by atoms with Crippen molar-refractivity contribution >= 4 is 21.5 Å². The third-order valence-corrected chi connectivity index (χ3v) is 11.1. The molecule has 0 unspecified atom stereocenters. The van der Waals surface area contributed by atoms with E-state index in [9.17, 15) is 0 Å². The van der Waals surface area contributed by atoms with Crippen molar-refractivity contribution in [2.75, 3.05) is 26.2 Å². The highest BCUT2D eigenvalue weighted by atomic mass is 15.2. The van der Waals surface area contributed by atoms with Gasteiger partial charge < -0.3 is 0 Å². The van der Waals surface area contributed by atoms with Crippen molar-refractivity contribution in [3.05, 3.63) is 135 Å². The Morgan fingerprint density at radius 1 is 0.407 bits per heavy atom. The molecular weight excluding hydrogens is 669 g/mol.